The Bertz CT molecular complexity index is 952. The average molecular weight is 343 g/mol. The lowest BCUT2D eigenvalue weighted by atomic mass is 10.2. The van der Waals surface area contributed by atoms with Gasteiger partial charge >= 0.3 is 0 Å². The number of nitrogens with one attached hydrogen (secondary N) is 1. The largest absolute Gasteiger partial charge is 0.494 e. The molecule has 0 aliphatic carbocycles. The van der Waals surface area contributed by atoms with E-state index in [0.29, 0.717) is 16.4 Å². The van der Waals surface area contributed by atoms with Gasteiger partial charge in [0.05, 0.1) is 16.7 Å². The fraction of sp³-hybridized carbons (Fsp3) is 0.125. The molecule has 0 aliphatic heterocycles. The van der Waals surface area contributed by atoms with Crippen LogP contribution in [0.1, 0.15) is 15.9 Å². The van der Waals surface area contributed by atoms with E-state index in [1.807, 2.05) is 19.1 Å². The molecule has 0 saturated heterocycles. The summed E-state index contributed by atoms with van der Waals surface area (Å²) in [6.45, 7) is 1.95. The molecule has 122 valence electrons. The monoisotopic (exact) mass is 343 g/mol. The van der Waals surface area contributed by atoms with Crippen LogP contribution in [-0.2, 0) is 0 Å². The highest BCUT2D eigenvalue weighted by atomic mass is 32.1. The zero-order valence-corrected chi connectivity index (χ0v) is 13.7. The van der Waals surface area contributed by atoms with E-state index >= 15 is 0 Å². The van der Waals surface area contributed by atoms with E-state index in [1.165, 1.54) is 35.6 Å². The van der Waals surface area contributed by atoms with E-state index in [9.17, 15) is 14.9 Å². The van der Waals surface area contributed by atoms with Crippen LogP contribution in [0.2, 0.25) is 0 Å². The number of aryl methyl sites for hydroxylation is 1. The van der Waals surface area contributed by atoms with Crippen LogP contribution in [0.4, 0.5) is 10.8 Å². The standard InChI is InChI=1S/C16H13N3O4S/c1-9-6-7-12(23-2)13-14(9)24-16(17-13)18-15(20)10-4-3-5-11(8-10)19(21)22/h3-8H,1-2H3,(H,17,18,20). The third-order valence-electron chi connectivity index (χ3n) is 3.46. The number of nitro groups is 1. The summed E-state index contributed by atoms with van der Waals surface area (Å²) in [7, 11) is 1.56. The predicted molar refractivity (Wildman–Crippen MR) is 92.0 cm³/mol. The third-order valence-corrected chi connectivity index (χ3v) is 4.57. The van der Waals surface area contributed by atoms with Crippen molar-refractivity contribution in [3.8, 4) is 5.75 Å². The number of carbonyl (C=O) groups is 1. The van der Waals surface area contributed by atoms with Gasteiger partial charge in [-0.15, -0.1) is 0 Å². The number of nitrogens with zero attached hydrogens (tertiary/aromatic N) is 2. The fourth-order valence-electron chi connectivity index (χ4n) is 2.26. The molecule has 1 amide bonds. The first-order chi connectivity index (χ1) is 11.5. The lowest BCUT2D eigenvalue weighted by Crippen LogP contribution is -2.11. The Balaban J connectivity index is 1.92. The number of fused-ring (bicyclic) bond motifs is 1. The average Bonchev–Trinajstić information content (AvgIpc) is 3.00. The summed E-state index contributed by atoms with van der Waals surface area (Å²) in [6, 6.07) is 9.30. The van der Waals surface area contributed by atoms with E-state index in [4.69, 9.17) is 4.74 Å². The topological polar surface area (TPSA) is 94.4 Å². The van der Waals surface area contributed by atoms with E-state index in [-0.39, 0.29) is 11.3 Å². The summed E-state index contributed by atoms with van der Waals surface area (Å²) in [5.41, 5.74) is 1.77. The molecule has 0 atom stereocenters. The number of nitro benzene ring substituents is 1. The third kappa shape index (κ3) is 2.91. The minimum absolute atomic E-state index is 0.135. The number of hydrogen-bond acceptors (Lipinski definition) is 6. The van der Waals surface area contributed by atoms with Gasteiger partial charge in [0, 0.05) is 17.7 Å². The van der Waals surface area contributed by atoms with Crippen molar-refractivity contribution in [1.29, 1.82) is 0 Å². The molecule has 2 aromatic carbocycles. The number of amides is 1. The highest BCUT2D eigenvalue weighted by molar-refractivity contribution is 7.22. The van der Waals surface area contributed by atoms with Crippen LogP contribution < -0.4 is 10.1 Å². The summed E-state index contributed by atoms with van der Waals surface area (Å²) in [4.78, 5) is 27.0. The number of methoxy groups -OCH3 is 1. The maximum atomic E-state index is 12.3. The summed E-state index contributed by atoms with van der Waals surface area (Å²) in [5, 5.41) is 13.9. The lowest BCUT2D eigenvalue weighted by Gasteiger charge is -2.01. The van der Waals surface area contributed by atoms with Crippen molar-refractivity contribution in [3.63, 3.8) is 0 Å². The Morgan fingerprint density at radius 1 is 1.33 bits per heavy atom. The molecule has 3 rings (SSSR count). The molecule has 8 heteroatoms. The van der Waals surface area contributed by atoms with Gasteiger partial charge in [0.25, 0.3) is 11.6 Å². The highest BCUT2D eigenvalue weighted by Crippen LogP contribution is 2.34. The van der Waals surface area contributed by atoms with Gasteiger partial charge in [-0.25, -0.2) is 4.98 Å². The minimum Gasteiger partial charge on any atom is -0.494 e. The second-order valence-corrected chi connectivity index (χ2v) is 6.04. The van der Waals surface area contributed by atoms with E-state index in [0.717, 1.165) is 10.3 Å². The first kappa shape index (κ1) is 15.9. The smallest absolute Gasteiger partial charge is 0.270 e. The predicted octanol–water partition coefficient (Wildman–Crippen LogP) is 3.77. The van der Waals surface area contributed by atoms with E-state index in [2.05, 4.69) is 10.3 Å². The minimum atomic E-state index is -0.539. The molecule has 24 heavy (non-hydrogen) atoms. The number of non-ortho nitro benzene ring substituents is 1. The van der Waals surface area contributed by atoms with Gasteiger partial charge in [0.15, 0.2) is 5.13 Å². The molecule has 0 fully saturated rings. The molecule has 0 aliphatic rings. The number of carbonyl (C=O) groups excluding carboxylic acids is 1. The first-order valence-electron chi connectivity index (χ1n) is 6.99. The van der Waals surface area contributed by atoms with Gasteiger partial charge in [0.2, 0.25) is 0 Å². The summed E-state index contributed by atoms with van der Waals surface area (Å²) >= 11 is 1.33. The molecule has 0 radical (unpaired) electrons. The molecule has 3 aromatic rings. The second kappa shape index (κ2) is 6.25. The lowest BCUT2D eigenvalue weighted by molar-refractivity contribution is -0.384. The number of benzene rings is 2. The van der Waals surface area contributed by atoms with Gasteiger partial charge in [0.1, 0.15) is 11.3 Å². The van der Waals surface area contributed by atoms with Crippen molar-refractivity contribution < 1.29 is 14.5 Å². The van der Waals surface area contributed by atoms with Gasteiger partial charge in [-0.1, -0.05) is 23.5 Å². The maximum Gasteiger partial charge on any atom is 0.270 e. The first-order valence-corrected chi connectivity index (χ1v) is 7.81. The van der Waals surface area contributed by atoms with E-state index < -0.39 is 10.8 Å². The quantitative estimate of drug-likeness (QED) is 0.575. The zero-order chi connectivity index (χ0) is 17.3. The van der Waals surface area contributed by atoms with Crippen LogP contribution in [0, 0.1) is 17.0 Å². The number of anilines is 1. The van der Waals surface area contributed by atoms with Crippen LogP contribution in [0.3, 0.4) is 0 Å². The highest BCUT2D eigenvalue weighted by Gasteiger charge is 2.15. The van der Waals surface area contributed by atoms with Crippen molar-refractivity contribution in [2.75, 3.05) is 12.4 Å². The molecule has 1 aromatic heterocycles. The molecule has 0 unspecified atom stereocenters. The van der Waals surface area contributed by atoms with Gasteiger partial charge in [-0.05, 0) is 24.6 Å². The fourth-order valence-corrected chi connectivity index (χ4v) is 3.20. The van der Waals surface area contributed by atoms with Crippen molar-refractivity contribution in [2.45, 2.75) is 6.92 Å². The van der Waals surface area contributed by atoms with Crippen LogP contribution in [0.15, 0.2) is 36.4 Å². The Hall–Kier alpha value is -3.00. The number of aromatic nitrogens is 1. The molecule has 0 bridgehead atoms. The Labute approximate surface area is 141 Å². The van der Waals surface area contributed by atoms with E-state index in [1.54, 1.807) is 7.11 Å². The molecule has 1 heterocycles. The van der Waals surface area contributed by atoms with Gasteiger partial charge in [-0.2, -0.15) is 0 Å². The SMILES string of the molecule is COc1ccc(C)c2sc(NC(=O)c3cccc([N+](=O)[O-])c3)nc12. The van der Waals surface area contributed by atoms with Gasteiger partial charge < -0.3 is 4.74 Å². The van der Waals surface area contributed by atoms with Crippen molar-refractivity contribution in [3.05, 3.63) is 57.6 Å². The number of thiazole rings is 1. The van der Waals surface area contributed by atoms with Crippen LogP contribution >= 0.6 is 11.3 Å². The number of hydrogen-bond donors (Lipinski definition) is 1. The molecular weight excluding hydrogens is 330 g/mol. The summed E-state index contributed by atoms with van der Waals surface area (Å²) in [6.07, 6.45) is 0. The molecule has 0 spiro atoms. The van der Waals surface area contributed by atoms with Crippen molar-refractivity contribution in [2.24, 2.45) is 0 Å². The van der Waals surface area contributed by atoms with Crippen molar-refractivity contribution >= 4 is 38.3 Å². The molecular formula is C16H13N3O4S. The zero-order valence-electron chi connectivity index (χ0n) is 12.9. The second-order valence-electron chi connectivity index (χ2n) is 5.04. The maximum absolute atomic E-state index is 12.3. The molecule has 0 saturated carbocycles. The van der Waals surface area contributed by atoms with Crippen LogP contribution in [0.5, 0.6) is 5.75 Å². The molecule has 7 nitrogen and oxygen atoms in total. The molecule has 1 N–H and O–H groups in total. The Kier molecular flexibility index (Phi) is 4.13. The summed E-state index contributed by atoms with van der Waals surface area (Å²) < 4.78 is 6.20. The Morgan fingerprint density at radius 2 is 2.12 bits per heavy atom. The number of ether oxygens (including phenoxy) is 1. The van der Waals surface area contributed by atoms with Crippen LogP contribution in [-0.4, -0.2) is 22.9 Å². The van der Waals surface area contributed by atoms with Crippen molar-refractivity contribution in [1.82, 2.24) is 4.98 Å². The van der Waals surface area contributed by atoms with Gasteiger partial charge in [-0.3, -0.25) is 20.2 Å². The normalized spacial score (nSPS) is 10.6. The van der Waals surface area contributed by atoms with Crippen LogP contribution in [0.25, 0.3) is 10.2 Å². The Morgan fingerprint density at radius 3 is 2.83 bits per heavy atom. The number of rotatable bonds is 4. The summed E-state index contributed by atoms with van der Waals surface area (Å²) in [5.74, 6) is 0.178.